The fourth-order valence-corrected chi connectivity index (χ4v) is 4.52. The van der Waals surface area contributed by atoms with Gasteiger partial charge in [0.25, 0.3) is 11.2 Å². The van der Waals surface area contributed by atoms with E-state index in [0.29, 0.717) is 35.9 Å². The standard InChI is InChI=1S/C22H30Cl2N4O3Si/c1-5-6-11-26-20(29)18-19(28(22(26)30)15-31-12-13-32(2,3)4)25-21(24)27(18)14-16-7-9-17(23)10-8-16/h7-10H,5-6,11-15H2,1-4H3/p+1. The van der Waals surface area contributed by atoms with E-state index >= 15 is 0 Å². The molecular formula is C22H31Cl2N4O3Si+. The average molecular weight is 499 g/mol. The van der Waals surface area contributed by atoms with E-state index in [1.54, 1.807) is 16.7 Å². The van der Waals surface area contributed by atoms with E-state index in [4.69, 9.17) is 27.9 Å². The molecule has 174 valence electrons. The van der Waals surface area contributed by atoms with Crippen molar-refractivity contribution in [2.45, 2.75) is 65.3 Å². The van der Waals surface area contributed by atoms with Crippen molar-refractivity contribution in [1.82, 2.24) is 14.1 Å². The number of hydrogen-bond acceptors (Lipinski definition) is 3. The Morgan fingerprint density at radius 3 is 2.41 bits per heavy atom. The summed E-state index contributed by atoms with van der Waals surface area (Å²) in [4.78, 5) is 29.6. The van der Waals surface area contributed by atoms with Gasteiger partial charge in [-0.25, -0.2) is 18.9 Å². The molecule has 2 aromatic heterocycles. The summed E-state index contributed by atoms with van der Waals surface area (Å²) in [6.07, 6.45) is 1.60. The van der Waals surface area contributed by atoms with Crippen LogP contribution in [0.5, 0.6) is 0 Å². The minimum absolute atomic E-state index is 0.0595. The summed E-state index contributed by atoms with van der Waals surface area (Å²) >= 11 is 12.5. The molecule has 32 heavy (non-hydrogen) atoms. The number of benzene rings is 1. The number of aromatic amines is 1. The van der Waals surface area contributed by atoms with Gasteiger partial charge in [0.1, 0.15) is 13.3 Å². The summed E-state index contributed by atoms with van der Waals surface area (Å²) in [5.74, 6) is 0. The molecule has 0 fully saturated rings. The van der Waals surface area contributed by atoms with Gasteiger partial charge in [-0.3, -0.25) is 9.36 Å². The second-order valence-electron chi connectivity index (χ2n) is 9.19. The fraction of sp³-hybridized carbons (Fsp3) is 0.500. The maximum absolute atomic E-state index is 13.3. The van der Waals surface area contributed by atoms with Gasteiger partial charge in [-0.2, -0.15) is 0 Å². The van der Waals surface area contributed by atoms with Crippen molar-refractivity contribution in [3.05, 3.63) is 61.0 Å². The third-order valence-corrected chi connectivity index (χ3v) is 7.59. The highest BCUT2D eigenvalue weighted by Gasteiger charge is 2.27. The molecule has 0 saturated carbocycles. The summed E-state index contributed by atoms with van der Waals surface area (Å²) in [5, 5.41) is 0.908. The van der Waals surface area contributed by atoms with E-state index < -0.39 is 8.07 Å². The lowest BCUT2D eigenvalue weighted by molar-refractivity contribution is -0.660. The second kappa shape index (κ2) is 10.4. The van der Waals surface area contributed by atoms with Crippen LogP contribution in [0.3, 0.4) is 0 Å². The number of H-pyrrole nitrogens is 1. The van der Waals surface area contributed by atoms with Crippen LogP contribution in [0.1, 0.15) is 25.3 Å². The Labute approximate surface area is 198 Å². The molecule has 7 nitrogen and oxygen atoms in total. The molecule has 2 heterocycles. The number of fused-ring (bicyclic) bond motifs is 1. The number of ether oxygens (including phenoxy) is 1. The highest BCUT2D eigenvalue weighted by atomic mass is 35.5. The number of hydrogen-bond donors (Lipinski definition) is 1. The first kappa shape index (κ1) is 24.8. The molecule has 0 bridgehead atoms. The predicted octanol–water partition coefficient (Wildman–Crippen LogP) is 4.25. The first-order valence-corrected chi connectivity index (χ1v) is 15.4. The maximum atomic E-state index is 13.3. The molecule has 0 aliphatic rings. The SMILES string of the molecule is CCCCn1c(=O)c2c([nH]c(Cl)[n+]2Cc2ccc(Cl)cc2)n(COCC[Si](C)(C)C)c1=O. The molecular weight excluding hydrogens is 467 g/mol. The normalized spacial score (nSPS) is 12.1. The zero-order chi connectivity index (χ0) is 23.5. The fourth-order valence-electron chi connectivity index (χ4n) is 3.41. The van der Waals surface area contributed by atoms with E-state index in [1.165, 1.54) is 9.13 Å². The van der Waals surface area contributed by atoms with E-state index in [9.17, 15) is 9.59 Å². The third kappa shape index (κ3) is 5.73. The number of rotatable bonds is 10. The lowest BCUT2D eigenvalue weighted by atomic mass is 10.2. The van der Waals surface area contributed by atoms with Crippen LogP contribution in [0.25, 0.3) is 11.2 Å². The molecule has 0 spiro atoms. The zero-order valence-electron chi connectivity index (χ0n) is 19.1. The van der Waals surface area contributed by atoms with Gasteiger partial charge in [0, 0.05) is 37.8 Å². The van der Waals surface area contributed by atoms with E-state index in [1.807, 2.05) is 19.1 Å². The van der Waals surface area contributed by atoms with Gasteiger partial charge in [-0.1, -0.05) is 56.7 Å². The Bertz CT molecular complexity index is 1190. The summed E-state index contributed by atoms with van der Waals surface area (Å²) in [6.45, 7) is 10.2. The van der Waals surface area contributed by atoms with Crippen molar-refractivity contribution < 1.29 is 9.30 Å². The second-order valence-corrected chi connectivity index (χ2v) is 15.6. The molecule has 0 atom stereocenters. The first-order chi connectivity index (χ1) is 15.1. The van der Waals surface area contributed by atoms with E-state index in [2.05, 4.69) is 24.6 Å². The van der Waals surface area contributed by atoms with Gasteiger partial charge in [-0.05, 0) is 30.2 Å². The van der Waals surface area contributed by atoms with Crippen molar-refractivity contribution in [1.29, 1.82) is 0 Å². The van der Waals surface area contributed by atoms with Gasteiger partial charge >= 0.3 is 16.5 Å². The highest BCUT2D eigenvalue weighted by molar-refractivity contribution is 6.76. The highest BCUT2D eigenvalue weighted by Crippen LogP contribution is 2.14. The lowest BCUT2D eigenvalue weighted by Gasteiger charge is -2.16. The average Bonchev–Trinajstić information content (AvgIpc) is 3.04. The van der Waals surface area contributed by atoms with Gasteiger partial charge in [-0.15, -0.1) is 0 Å². The Morgan fingerprint density at radius 2 is 1.78 bits per heavy atom. The minimum Gasteiger partial charge on any atom is -0.361 e. The van der Waals surface area contributed by atoms with Crippen LogP contribution in [0, 0.1) is 0 Å². The molecule has 0 aliphatic heterocycles. The number of imidazole rings is 1. The molecule has 1 aromatic carbocycles. The van der Waals surface area contributed by atoms with Crippen LogP contribution in [-0.2, 0) is 24.6 Å². The Kier molecular flexibility index (Phi) is 8.03. The van der Waals surface area contributed by atoms with E-state index in [-0.39, 0.29) is 23.3 Å². The van der Waals surface area contributed by atoms with Crippen LogP contribution < -0.4 is 15.8 Å². The molecule has 0 radical (unpaired) electrons. The number of aromatic nitrogens is 4. The minimum atomic E-state index is -1.26. The zero-order valence-corrected chi connectivity index (χ0v) is 21.6. The molecule has 0 aliphatic carbocycles. The summed E-state index contributed by atoms with van der Waals surface area (Å²) in [5.41, 5.74) is 0.925. The van der Waals surface area contributed by atoms with Gasteiger partial charge in [0.05, 0.1) is 0 Å². The number of halogens is 2. The number of nitrogens with zero attached hydrogens (tertiary/aromatic N) is 3. The monoisotopic (exact) mass is 497 g/mol. The number of unbranched alkanes of at least 4 members (excludes halogenated alkanes) is 1. The Hall–Kier alpha value is -1.87. The van der Waals surface area contributed by atoms with Crippen LogP contribution in [0.2, 0.25) is 36.0 Å². The molecule has 3 rings (SSSR count). The largest absolute Gasteiger partial charge is 0.361 e. The molecule has 10 heteroatoms. The summed E-state index contributed by atoms with van der Waals surface area (Å²) in [6, 6.07) is 8.34. The molecule has 0 saturated heterocycles. The molecule has 3 aromatic rings. The van der Waals surface area contributed by atoms with Crippen LogP contribution in [0.15, 0.2) is 33.9 Å². The van der Waals surface area contributed by atoms with Crippen LogP contribution in [-0.4, -0.2) is 28.8 Å². The maximum Gasteiger partial charge on any atom is 0.355 e. The van der Waals surface area contributed by atoms with Crippen LogP contribution in [0.4, 0.5) is 0 Å². The summed E-state index contributed by atoms with van der Waals surface area (Å²) in [7, 11) is -1.26. The first-order valence-electron chi connectivity index (χ1n) is 10.9. The molecule has 0 unspecified atom stereocenters. The topological polar surface area (TPSA) is 72.9 Å². The van der Waals surface area contributed by atoms with Crippen molar-refractivity contribution in [2.75, 3.05) is 6.61 Å². The Balaban J connectivity index is 2.07. The van der Waals surface area contributed by atoms with Gasteiger partial charge < -0.3 is 4.74 Å². The van der Waals surface area contributed by atoms with E-state index in [0.717, 1.165) is 24.4 Å². The van der Waals surface area contributed by atoms with Gasteiger partial charge in [0.15, 0.2) is 0 Å². The van der Waals surface area contributed by atoms with Crippen molar-refractivity contribution in [3.63, 3.8) is 0 Å². The Morgan fingerprint density at radius 1 is 1.09 bits per heavy atom. The van der Waals surface area contributed by atoms with Crippen molar-refractivity contribution in [2.24, 2.45) is 0 Å². The third-order valence-electron chi connectivity index (χ3n) is 5.34. The van der Waals surface area contributed by atoms with Crippen molar-refractivity contribution >= 4 is 42.4 Å². The van der Waals surface area contributed by atoms with Crippen LogP contribution >= 0.6 is 23.2 Å². The lowest BCUT2D eigenvalue weighted by Crippen LogP contribution is -2.46. The quantitative estimate of drug-likeness (QED) is 0.197. The molecule has 0 amide bonds. The predicted molar refractivity (Wildman–Crippen MR) is 132 cm³/mol. The summed E-state index contributed by atoms with van der Waals surface area (Å²) < 4.78 is 10.3. The van der Waals surface area contributed by atoms with Crippen molar-refractivity contribution in [3.8, 4) is 0 Å². The number of nitrogens with one attached hydrogen (secondary N) is 1. The van der Waals surface area contributed by atoms with Gasteiger partial charge in [0.2, 0.25) is 0 Å². The smallest absolute Gasteiger partial charge is 0.355 e. The molecule has 1 N–H and O–H groups in total.